The van der Waals surface area contributed by atoms with Crippen molar-refractivity contribution >= 4 is 17.7 Å². The van der Waals surface area contributed by atoms with Gasteiger partial charge in [-0.15, -0.1) is 0 Å². The van der Waals surface area contributed by atoms with E-state index in [0.717, 1.165) is 19.3 Å². The molecule has 1 saturated heterocycles. The predicted octanol–water partition coefficient (Wildman–Crippen LogP) is 3.90. The molecule has 28 heavy (non-hydrogen) atoms. The van der Waals surface area contributed by atoms with Gasteiger partial charge in [0.1, 0.15) is 12.7 Å². The standard InChI is InChI=1S/C21H29NO6/c1-16-26-14-17(10-6-3-4-9-13-20(23)25-2)19(28-16)15-27-21(24)22-18-11-7-5-8-12-18/h3,5-8,11-12,16-17,19H,4,9-10,13-15H2,1-2H3,(H,22,24)/t16-,17+,19+/m1/s1. The number of unbranched alkanes of at least 4 members (excludes halogenated alkanes) is 1. The lowest BCUT2D eigenvalue weighted by Gasteiger charge is -2.34. The molecule has 1 aromatic carbocycles. The lowest BCUT2D eigenvalue weighted by molar-refractivity contribution is -0.233. The van der Waals surface area contributed by atoms with Gasteiger partial charge in [0.15, 0.2) is 6.29 Å². The van der Waals surface area contributed by atoms with Crippen molar-refractivity contribution in [2.45, 2.75) is 45.0 Å². The van der Waals surface area contributed by atoms with Gasteiger partial charge in [-0.2, -0.15) is 0 Å². The minimum atomic E-state index is -0.508. The SMILES string of the molecule is COC(=O)CCCC=CC[C@H]1CO[C@@H](C)O[C@H]1COC(=O)Nc1ccccc1. The van der Waals surface area contributed by atoms with Crippen LogP contribution in [0.4, 0.5) is 10.5 Å². The topological polar surface area (TPSA) is 83.1 Å². The number of methoxy groups -OCH3 is 1. The molecule has 1 fully saturated rings. The number of benzene rings is 1. The molecular weight excluding hydrogens is 362 g/mol. The maximum atomic E-state index is 12.0. The first-order valence-corrected chi connectivity index (χ1v) is 9.56. The summed E-state index contributed by atoms with van der Waals surface area (Å²) in [6.45, 7) is 2.53. The molecule has 1 aromatic rings. The fourth-order valence-corrected chi connectivity index (χ4v) is 2.85. The van der Waals surface area contributed by atoms with Crippen LogP contribution in [0.1, 0.15) is 32.6 Å². The van der Waals surface area contributed by atoms with Gasteiger partial charge in [-0.3, -0.25) is 10.1 Å². The van der Waals surface area contributed by atoms with Crippen LogP contribution in [0.25, 0.3) is 0 Å². The summed E-state index contributed by atoms with van der Waals surface area (Å²) >= 11 is 0. The molecule has 7 heteroatoms. The van der Waals surface area contributed by atoms with Gasteiger partial charge < -0.3 is 18.9 Å². The summed E-state index contributed by atoms with van der Waals surface area (Å²) in [5.41, 5.74) is 0.681. The number of carbonyl (C=O) groups is 2. The number of anilines is 1. The predicted molar refractivity (Wildman–Crippen MR) is 105 cm³/mol. The Morgan fingerprint density at radius 3 is 2.79 bits per heavy atom. The van der Waals surface area contributed by atoms with Crippen molar-refractivity contribution in [1.29, 1.82) is 0 Å². The molecule has 3 atom stereocenters. The van der Waals surface area contributed by atoms with E-state index >= 15 is 0 Å². The van der Waals surface area contributed by atoms with Crippen LogP contribution in [0.15, 0.2) is 42.5 Å². The highest BCUT2D eigenvalue weighted by Gasteiger charge is 2.30. The molecule has 0 unspecified atom stereocenters. The second-order valence-electron chi connectivity index (χ2n) is 6.60. The monoisotopic (exact) mass is 391 g/mol. The van der Waals surface area contributed by atoms with Crippen LogP contribution in [0, 0.1) is 5.92 Å². The number of allylic oxidation sites excluding steroid dienone is 2. The van der Waals surface area contributed by atoms with Crippen LogP contribution >= 0.6 is 0 Å². The maximum absolute atomic E-state index is 12.0. The molecule has 154 valence electrons. The van der Waals surface area contributed by atoms with E-state index in [4.69, 9.17) is 14.2 Å². The average molecular weight is 391 g/mol. The fourth-order valence-electron chi connectivity index (χ4n) is 2.85. The first kappa shape index (κ1) is 21.9. The lowest BCUT2D eigenvalue weighted by atomic mass is 9.98. The molecule has 1 heterocycles. The Bertz CT molecular complexity index is 633. The van der Waals surface area contributed by atoms with Crippen molar-refractivity contribution in [3.8, 4) is 0 Å². The van der Waals surface area contributed by atoms with Gasteiger partial charge in [0.2, 0.25) is 0 Å². The van der Waals surface area contributed by atoms with Crippen molar-refractivity contribution in [3.05, 3.63) is 42.5 Å². The van der Waals surface area contributed by atoms with Crippen molar-refractivity contribution < 1.29 is 28.5 Å². The van der Waals surface area contributed by atoms with Gasteiger partial charge in [-0.25, -0.2) is 4.79 Å². The number of carbonyl (C=O) groups excluding carboxylic acids is 2. The van der Waals surface area contributed by atoms with Gasteiger partial charge in [0, 0.05) is 18.0 Å². The third kappa shape index (κ3) is 8.10. The summed E-state index contributed by atoms with van der Waals surface area (Å²) in [4.78, 5) is 23.1. The molecule has 1 N–H and O–H groups in total. The first-order valence-electron chi connectivity index (χ1n) is 9.56. The summed E-state index contributed by atoms with van der Waals surface area (Å²) in [5.74, 6) is -0.0972. The van der Waals surface area contributed by atoms with E-state index in [-0.39, 0.29) is 30.9 Å². The quantitative estimate of drug-likeness (QED) is 0.390. The zero-order valence-corrected chi connectivity index (χ0v) is 16.5. The molecule has 2 rings (SSSR count). The fraction of sp³-hybridized carbons (Fsp3) is 0.524. The number of hydrogen-bond acceptors (Lipinski definition) is 6. The second-order valence-corrected chi connectivity index (χ2v) is 6.60. The van der Waals surface area contributed by atoms with E-state index in [1.54, 1.807) is 12.1 Å². The molecule has 0 saturated carbocycles. The Labute approximate surface area is 166 Å². The molecule has 7 nitrogen and oxygen atoms in total. The van der Waals surface area contributed by atoms with Gasteiger partial charge in [0.25, 0.3) is 0 Å². The van der Waals surface area contributed by atoms with Crippen LogP contribution in [-0.4, -0.2) is 44.8 Å². The van der Waals surface area contributed by atoms with E-state index < -0.39 is 6.09 Å². The van der Waals surface area contributed by atoms with Gasteiger partial charge in [0.05, 0.1) is 13.7 Å². The van der Waals surface area contributed by atoms with Crippen LogP contribution in [0.5, 0.6) is 0 Å². The Hall–Kier alpha value is -2.38. The zero-order chi connectivity index (χ0) is 20.2. The molecule has 0 spiro atoms. The van der Waals surface area contributed by atoms with Crippen molar-refractivity contribution in [3.63, 3.8) is 0 Å². The molecule has 1 aliphatic rings. The van der Waals surface area contributed by atoms with Crippen LogP contribution in [-0.2, 0) is 23.7 Å². The first-order chi connectivity index (χ1) is 13.6. The summed E-state index contributed by atoms with van der Waals surface area (Å²) in [6.07, 6.45) is 5.76. The highest BCUT2D eigenvalue weighted by atomic mass is 16.7. The van der Waals surface area contributed by atoms with Gasteiger partial charge in [-0.1, -0.05) is 30.4 Å². The van der Waals surface area contributed by atoms with E-state index in [1.807, 2.05) is 31.2 Å². The average Bonchev–Trinajstić information content (AvgIpc) is 2.70. The van der Waals surface area contributed by atoms with Gasteiger partial charge in [-0.05, 0) is 38.3 Å². The summed E-state index contributed by atoms with van der Waals surface area (Å²) in [7, 11) is 1.39. The van der Waals surface area contributed by atoms with E-state index in [9.17, 15) is 9.59 Å². The van der Waals surface area contributed by atoms with Crippen LogP contribution in [0.3, 0.4) is 0 Å². The largest absolute Gasteiger partial charge is 0.469 e. The van der Waals surface area contributed by atoms with Gasteiger partial charge >= 0.3 is 12.1 Å². The number of nitrogens with one attached hydrogen (secondary N) is 1. The smallest absolute Gasteiger partial charge is 0.411 e. The van der Waals surface area contributed by atoms with Crippen molar-refractivity contribution in [1.82, 2.24) is 0 Å². The number of para-hydroxylation sites is 1. The van der Waals surface area contributed by atoms with E-state index in [2.05, 4.69) is 16.1 Å². The van der Waals surface area contributed by atoms with E-state index in [0.29, 0.717) is 18.7 Å². The number of amides is 1. The Kier molecular flexibility index (Phi) is 9.51. The number of rotatable bonds is 9. The highest BCUT2D eigenvalue weighted by Crippen LogP contribution is 2.23. The molecule has 0 radical (unpaired) electrons. The lowest BCUT2D eigenvalue weighted by Crippen LogP contribution is -2.42. The Morgan fingerprint density at radius 2 is 2.04 bits per heavy atom. The number of ether oxygens (including phenoxy) is 4. The molecule has 0 aromatic heterocycles. The maximum Gasteiger partial charge on any atom is 0.411 e. The van der Waals surface area contributed by atoms with E-state index in [1.165, 1.54) is 7.11 Å². The highest BCUT2D eigenvalue weighted by molar-refractivity contribution is 5.84. The molecule has 0 aliphatic carbocycles. The van der Waals surface area contributed by atoms with Crippen LogP contribution < -0.4 is 5.32 Å². The summed E-state index contributed by atoms with van der Waals surface area (Å²) in [5, 5.41) is 2.69. The molecule has 1 amide bonds. The normalized spacial score (nSPS) is 22.0. The molecular formula is C21H29NO6. The Balaban J connectivity index is 1.74. The molecule has 0 bridgehead atoms. The zero-order valence-electron chi connectivity index (χ0n) is 16.5. The minimum Gasteiger partial charge on any atom is -0.469 e. The summed E-state index contributed by atoms with van der Waals surface area (Å²) < 4.78 is 21.3. The van der Waals surface area contributed by atoms with Crippen molar-refractivity contribution in [2.75, 3.05) is 25.6 Å². The number of hydrogen-bond donors (Lipinski definition) is 1. The minimum absolute atomic E-state index is 0.0950. The Morgan fingerprint density at radius 1 is 1.25 bits per heavy atom. The van der Waals surface area contributed by atoms with Crippen LogP contribution in [0.2, 0.25) is 0 Å². The summed E-state index contributed by atoms with van der Waals surface area (Å²) in [6, 6.07) is 9.14. The van der Waals surface area contributed by atoms with Crippen molar-refractivity contribution in [2.24, 2.45) is 5.92 Å². The third-order valence-corrected chi connectivity index (χ3v) is 4.42. The third-order valence-electron chi connectivity index (χ3n) is 4.42. The number of esters is 1. The second kappa shape index (κ2) is 12.2. The molecule has 1 aliphatic heterocycles.